The zero-order chi connectivity index (χ0) is 55.4. The van der Waals surface area contributed by atoms with E-state index in [2.05, 4.69) is 173 Å². The van der Waals surface area contributed by atoms with Crippen LogP contribution in [0.5, 0.6) is 23.0 Å². The molecule has 8 aliphatic rings. The van der Waals surface area contributed by atoms with Crippen LogP contribution in [0.25, 0.3) is 0 Å². The number of hydrogen-bond donors (Lipinski definition) is 0. The van der Waals surface area contributed by atoms with Gasteiger partial charge in [0.25, 0.3) is 0 Å². The minimum absolute atomic E-state index is 0. The van der Waals surface area contributed by atoms with Crippen LogP contribution in [0.4, 0.5) is 34.1 Å². The second-order valence-corrected chi connectivity index (χ2v) is 20.8. The number of nitrogens with zero attached hydrogens (tertiary/aromatic N) is 8. The molecule has 8 aromatic carbocycles. The minimum atomic E-state index is -2.29. The first-order valence-electron chi connectivity index (χ1n) is 27.6. The molecule has 0 atom stereocenters. The molecule has 0 unspecified atom stereocenters. The van der Waals surface area contributed by atoms with E-state index in [9.17, 15) is 0 Å². The summed E-state index contributed by atoms with van der Waals surface area (Å²) in [4.78, 5) is 19.4. The molecule has 0 aromatic heterocycles. The zero-order valence-electron chi connectivity index (χ0n) is 46.8. The van der Waals surface area contributed by atoms with E-state index in [0.717, 1.165) is 48.9 Å². The van der Waals surface area contributed by atoms with Crippen molar-refractivity contribution in [3.05, 3.63) is 246 Å². The second kappa shape index (κ2) is 20.6. The maximum Gasteiger partial charge on any atom is 4.00 e. The van der Waals surface area contributed by atoms with Crippen molar-refractivity contribution in [3.63, 3.8) is 0 Å². The Morgan fingerprint density at radius 3 is 1.23 bits per heavy atom. The smallest absolute Gasteiger partial charge is 0.518 e. The molecule has 0 fully saturated rings. The van der Waals surface area contributed by atoms with Crippen LogP contribution in [-0.2, 0) is 42.1 Å². The van der Waals surface area contributed by atoms with E-state index in [1.165, 1.54) is 61.7 Å². The quantitative estimate of drug-likeness (QED) is 0.118. The molecule has 8 aromatic rings. The van der Waals surface area contributed by atoms with Crippen LogP contribution in [0.15, 0.2) is 215 Å². The number of fused-ring (bicyclic) bond motifs is 8. The van der Waals surface area contributed by atoms with Gasteiger partial charge in [0.1, 0.15) is 11.5 Å². The van der Waals surface area contributed by atoms with E-state index in [0.29, 0.717) is 34.4 Å². The van der Waals surface area contributed by atoms with Gasteiger partial charge in [0.2, 0.25) is 6.71 Å². The first-order chi connectivity index (χ1) is 39.8. The number of ether oxygens (including phenoxy) is 2. The summed E-state index contributed by atoms with van der Waals surface area (Å²) in [6.07, 6.45) is 14.7. The Kier molecular flexibility index (Phi) is 11.6. The molecular weight excluding hydrogens is 1360 g/mol. The standard InChI is InChI=1S/C36H23BN4S2.C26H19BN4O2.2Pt/c1-3-8-26(9-4-1)38-18-20-40(24-38)28-14-16-32-30(22-28)37-31-23-29(41-21-19-39(25-41)27-10-5-2-6-11-27)15-17-33(31)43-35-13-7-12-34(42-32)36(35)37;1-28-10-12-30(16-28)18-6-8-22-20(14-18)27-21-15-19(31-13-11-29(2)17-31)7-9-23(21)33-25-5-3-4-24(32-22)26(25)27;;/h1-21,24-25H;3-13,16-17H,1-2H3;;/q2*-4;2*+4/i;1D3,2D3;;. The van der Waals surface area contributed by atoms with Crippen molar-refractivity contribution in [1.82, 2.24) is 9.80 Å². The van der Waals surface area contributed by atoms with Crippen molar-refractivity contribution in [2.45, 2.75) is 19.6 Å². The average Bonchev–Trinajstić information content (AvgIpc) is 4.25. The number of benzene rings is 8. The van der Waals surface area contributed by atoms with Gasteiger partial charge in [0, 0.05) is 36.6 Å². The van der Waals surface area contributed by atoms with E-state index in [4.69, 9.17) is 17.7 Å². The molecule has 10 nitrogen and oxygen atoms in total. The van der Waals surface area contributed by atoms with Crippen LogP contribution in [0.1, 0.15) is 8.22 Å². The topological polar surface area (TPSA) is 44.4 Å². The van der Waals surface area contributed by atoms with Crippen molar-refractivity contribution >= 4 is 104 Å². The van der Waals surface area contributed by atoms with Gasteiger partial charge in [-0.2, -0.15) is 84.2 Å². The van der Waals surface area contributed by atoms with Crippen molar-refractivity contribution < 1.29 is 59.8 Å². The second-order valence-electron chi connectivity index (χ2n) is 18.7. The number of hydrogen-bond acceptors (Lipinski definition) is 12. The maximum atomic E-state index is 7.68. The third kappa shape index (κ3) is 8.91. The summed E-state index contributed by atoms with van der Waals surface area (Å²) in [5.41, 5.74) is 11.8. The molecule has 0 N–H and O–H groups in total. The monoisotopic (exact) mass is 1410 g/mol. The first kappa shape index (κ1) is 43.9. The van der Waals surface area contributed by atoms with E-state index < -0.39 is 14.0 Å². The van der Waals surface area contributed by atoms with Gasteiger partial charge in [-0.25, -0.2) is 0 Å². The number of anilines is 6. The fraction of sp³-hybridized carbons (Fsp3) is 0.0323. The summed E-state index contributed by atoms with van der Waals surface area (Å²) < 4.78 is 58.6. The molecule has 0 radical (unpaired) electrons. The van der Waals surface area contributed by atoms with E-state index in [1.54, 1.807) is 22.2 Å². The Labute approximate surface area is 502 Å². The molecule has 16 heteroatoms. The maximum absolute atomic E-state index is 7.68. The fourth-order valence-electron chi connectivity index (χ4n) is 10.6. The molecular formula is C62H42B2N8O2Pt2S2. The average molecular weight is 1410 g/mol. The Morgan fingerprint density at radius 2 is 0.769 bits per heavy atom. The van der Waals surface area contributed by atoms with Gasteiger partial charge in [-0.3, -0.25) is 0 Å². The summed E-state index contributed by atoms with van der Waals surface area (Å²) in [5.74, 6) is 2.57. The first-order valence-corrected chi connectivity index (χ1v) is 26.2. The van der Waals surface area contributed by atoms with Gasteiger partial charge in [-0.1, -0.05) is 48.5 Å². The van der Waals surface area contributed by atoms with E-state index in [1.807, 2.05) is 78.1 Å². The molecule has 0 saturated heterocycles. The molecule has 0 aliphatic carbocycles. The molecule has 0 spiro atoms. The van der Waals surface area contributed by atoms with E-state index >= 15 is 0 Å². The summed E-state index contributed by atoms with van der Waals surface area (Å²) in [5, 5.41) is 0. The molecule has 0 amide bonds. The molecule has 78 heavy (non-hydrogen) atoms. The van der Waals surface area contributed by atoms with Crippen molar-refractivity contribution in [2.24, 2.45) is 0 Å². The van der Waals surface area contributed by atoms with Gasteiger partial charge in [0.05, 0.1) is 0 Å². The van der Waals surface area contributed by atoms with Gasteiger partial charge in [-0.15, -0.1) is 93.2 Å². The summed E-state index contributed by atoms with van der Waals surface area (Å²) in [7, 11) is 0. The van der Waals surface area contributed by atoms with Crippen LogP contribution in [0.2, 0.25) is 0 Å². The summed E-state index contributed by atoms with van der Waals surface area (Å²) in [6, 6.07) is 64.0. The minimum Gasteiger partial charge on any atom is -0.518 e. The fourth-order valence-corrected chi connectivity index (χ4v) is 12.9. The third-order valence-corrected chi connectivity index (χ3v) is 16.4. The van der Waals surface area contributed by atoms with Gasteiger partial charge < -0.3 is 48.7 Å². The normalized spacial score (nSPS) is 17.5. The SMILES string of the molecule is [2H]C([2H])([2H])N1C=CN(c2[c-]c3c(cc2)Oc2cccc4c2B3c2[c-]c(N3C=CN(C([2H])([2H])[2H])[CH-]3)ccc2O4)[CH-]1.[Pt+4].[Pt+4].[c-]1c(N2C=CN(c3ccccc3)[CH-]2)ccc2c1B1c3[c-]c(N4C=CN(c5ccccc5)[CH-]4)ccc3Sc3cccc(c31)S2. The zero-order valence-corrected chi connectivity index (χ0v) is 47.0. The molecule has 16 rings (SSSR count). The van der Waals surface area contributed by atoms with Crippen LogP contribution >= 0.6 is 23.5 Å². The predicted octanol–water partition coefficient (Wildman–Crippen LogP) is 9.26. The van der Waals surface area contributed by atoms with E-state index in [-0.39, 0.29) is 55.6 Å². The van der Waals surface area contributed by atoms with Gasteiger partial charge in [0.15, 0.2) is 6.71 Å². The third-order valence-electron chi connectivity index (χ3n) is 14.1. The molecule has 0 bridgehead atoms. The Hall–Kier alpha value is -7.07. The summed E-state index contributed by atoms with van der Waals surface area (Å²) >= 11 is 3.70. The summed E-state index contributed by atoms with van der Waals surface area (Å²) in [6.45, 7) is 2.38. The van der Waals surface area contributed by atoms with Crippen molar-refractivity contribution in [1.29, 1.82) is 0 Å². The number of para-hydroxylation sites is 2. The Balaban J connectivity index is 0.000000154. The van der Waals surface area contributed by atoms with Gasteiger partial charge in [-0.05, 0) is 127 Å². The molecule has 380 valence electrons. The van der Waals surface area contributed by atoms with Gasteiger partial charge >= 0.3 is 42.1 Å². The Bertz CT molecular complexity index is 3770. The van der Waals surface area contributed by atoms with Crippen molar-refractivity contribution in [2.75, 3.05) is 43.4 Å². The largest absolute Gasteiger partial charge is 4.00 e. The molecule has 8 heterocycles. The van der Waals surface area contributed by atoms with Crippen LogP contribution in [-0.4, -0.2) is 37.2 Å². The van der Waals surface area contributed by atoms with Crippen LogP contribution in [0.3, 0.4) is 0 Å². The van der Waals surface area contributed by atoms with Crippen LogP contribution < -0.4 is 71.7 Å². The Morgan fingerprint density at radius 1 is 0.372 bits per heavy atom. The predicted molar refractivity (Wildman–Crippen MR) is 309 cm³/mol. The van der Waals surface area contributed by atoms with Crippen LogP contribution in [0, 0.1) is 50.9 Å². The number of rotatable bonds is 6. The van der Waals surface area contributed by atoms with Crippen molar-refractivity contribution in [3.8, 4) is 23.0 Å². The molecule has 0 saturated carbocycles. The molecule has 8 aliphatic heterocycles.